The summed E-state index contributed by atoms with van der Waals surface area (Å²) >= 11 is 0. The van der Waals surface area contributed by atoms with E-state index in [0.29, 0.717) is 5.92 Å². The van der Waals surface area contributed by atoms with Crippen LogP contribution in [0.25, 0.3) is 0 Å². The average molecular weight is 377 g/mol. The predicted molar refractivity (Wildman–Crippen MR) is 106 cm³/mol. The summed E-state index contributed by atoms with van der Waals surface area (Å²) in [4.78, 5) is 15.3. The Morgan fingerprint density at radius 2 is 1.96 bits per heavy atom. The monoisotopic (exact) mass is 376 g/mol. The van der Waals surface area contributed by atoms with Crippen LogP contribution in [0.1, 0.15) is 36.9 Å². The van der Waals surface area contributed by atoms with Crippen molar-refractivity contribution in [1.29, 1.82) is 0 Å². The zero-order valence-corrected chi connectivity index (χ0v) is 16.7. The molecule has 2 aromatic rings. The topological polar surface area (TPSA) is 50.2 Å². The van der Waals surface area contributed by atoms with Gasteiger partial charge in [-0.25, -0.2) is 0 Å². The molecule has 0 radical (unpaired) electrons. The molecule has 1 amide bonds. The van der Waals surface area contributed by atoms with Crippen LogP contribution >= 0.6 is 12.4 Å². The minimum Gasteiger partial charge on any atom is -0.338 e. The van der Waals surface area contributed by atoms with Crippen LogP contribution in [-0.2, 0) is 11.8 Å². The normalized spacial score (nSPS) is 20.7. The Bertz CT molecular complexity index is 716. The Hall–Kier alpha value is -1.85. The summed E-state index contributed by atoms with van der Waals surface area (Å²) in [6.45, 7) is 5.90. The van der Waals surface area contributed by atoms with E-state index in [-0.39, 0.29) is 36.2 Å². The number of carbonyl (C=O) groups is 1. The van der Waals surface area contributed by atoms with Crippen LogP contribution in [0.4, 0.5) is 0 Å². The summed E-state index contributed by atoms with van der Waals surface area (Å²) in [6, 6.07) is 10.4. The summed E-state index contributed by atoms with van der Waals surface area (Å²) in [5.41, 5.74) is 2.33. The highest BCUT2D eigenvalue weighted by molar-refractivity contribution is 5.85. The zero-order chi connectivity index (χ0) is 18.0. The van der Waals surface area contributed by atoms with Gasteiger partial charge >= 0.3 is 0 Å². The van der Waals surface area contributed by atoms with E-state index in [1.165, 1.54) is 5.56 Å². The number of halogens is 1. The third-order valence-corrected chi connectivity index (χ3v) is 5.22. The van der Waals surface area contributed by atoms with E-state index in [9.17, 15) is 4.79 Å². The van der Waals surface area contributed by atoms with Crippen molar-refractivity contribution in [1.82, 2.24) is 20.0 Å². The molecule has 0 bridgehead atoms. The molecule has 1 N–H and O–H groups in total. The van der Waals surface area contributed by atoms with Gasteiger partial charge in [0, 0.05) is 39.3 Å². The maximum absolute atomic E-state index is 13.3. The van der Waals surface area contributed by atoms with Crippen molar-refractivity contribution in [2.75, 3.05) is 20.1 Å². The molecule has 6 heteroatoms. The molecule has 1 aromatic heterocycles. The van der Waals surface area contributed by atoms with E-state index in [4.69, 9.17) is 0 Å². The van der Waals surface area contributed by atoms with Gasteiger partial charge in [-0.15, -0.1) is 12.4 Å². The van der Waals surface area contributed by atoms with Gasteiger partial charge in [0.1, 0.15) is 0 Å². The number of hydrogen-bond donors (Lipinski definition) is 1. The maximum Gasteiger partial charge on any atom is 0.227 e. The summed E-state index contributed by atoms with van der Waals surface area (Å²) in [5, 5.41) is 7.66. The van der Waals surface area contributed by atoms with E-state index in [2.05, 4.69) is 36.4 Å². The fourth-order valence-electron chi connectivity index (χ4n) is 4.02. The van der Waals surface area contributed by atoms with Crippen molar-refractivity contribution >= 4 is 18.3 Å². The second kappa shape index (κ2) is 8.69. The molecule has 1 aromatic carbocycles. The molecular weight excluding hydrogens is 348 g/mol. The van der Waals surface area contributed by atoms with E-state index >= 15 is 0 Å². The molecule has 1 unspecified atom stereocenters. The van der Waals surface area contributed by atoms with E-state index < -0.39 is 0 Å². The van der Waals surface area contributed by atoms with Crippen LogP contribution in [0.3, 0.4) is 0 Å². The highest BCUT2D eigenvalue weighted by atomic mass is 35.5. The van der Waals surface area contributed by atoms with Crippen molar-refractivity contribution in [2.24, 2.45) is 18.9 Å². The fraction of sp³-hybridized carbons (Fsp3) is 0.500. The first kappa shape index (κ1) is 20.5. The number of nitrogens with zero attached hydrogens (tertiary/aromatic N) is 3. The Balaban J connectivity index is 0.00000243. The molecule has 1 aliphatic heterocycles. The van der Waals surface area contributed by atoms with E-state index in [0.717, 1.165) is 18.7 Å². The van der Waals surface area contributed by atoms with Crippen LogP contribution in [0, 0.1) is 11.8 Å². The van der Waals surface area contributed by atoms with Gasteiger partial charge in [-0.2, -0.15) is 5.10 Å². The number of benzene rings is 1. The largest absolute Gasteiger partial charge is 0.338 e. The summed E-state index contributed by atoms with van der Waals surface area (Å²) in [6.07, 6.45) is 3.91. The molecular formula is C20H29ClN4O. The van der Waals surface area contributed by atoms with Crippen LogP contribution in [0.2, 0.25) is 0 Å². The van der Waals surface area contributed by atoms with Gasteiger partial charge in [0.25, 0.3) is 0 Å². The number of aromatic nitrogens is 2. The lowest BCUT2D eigenvalue weighted by Gasteiger charge is -2.34. The van der Waals surface area contributed by atoms with Gasteiger partial charge in [-0.3, -0.25) is 9.48 Å². The maximum atomic E-state index is 13.3. The molecule has 0 spiro atoms. The number of rotatable bonds is 5. The van der Waals surface area contributed by atoms with Crippen molar-refractivity contribution < 1.29 is 4.79 Å². The van der Waals surface area contributed by atoms with Crippen molar-refractivity contribution in [3.63, 3.8) is 0 Å². The number of aryl methyl sites for hydroxylation is 1. The Morgan fingerprint density at radius 3 is 2.54 bits per heavy atom. The van der Waals surface area contributed by atoms with Crippen LogP contribution in [0.5, 0.6) is 0 Å². The van der Waals surface area contributed by atoms with Crippen LogP contribution < -0.4 is 5.32 Å². The first-order chi connectivity index (χ1) is 12.0. The third kappa shape index (κ3) is 4.10. The minimum atomic E-state index is -0.0424. The standard InChI is InChI=1S/C20H28N4O.ClH/c1-14(2)19(15-8-6-5-7-9-15)24(4)20(25)18-12-21-11-17(18)16-10-22-23(3)13-16;/h5-10,13-14,17-19,21H,11-12H2,1-4H3;1H/t17-,18+,19?;/m1./s1. The molecule has 1 aliphatic rings. The van der Waals surface area contributed by atoms with Gasteiger partial charge in [0.05, 0.1) is 18.2 Å². The summed E-state index contributed by atoms with van der Waals surface area (Å²) in [7, 11) is 3.86. The molecule has 0 aliphatic carbocycles. The Kier molecular flexibility index (Phi) is 6.84. The SMILES string of the molecule is CC(C)C(c1ccccc1)N(C)C(=O)[C@H]1CNC[C@@H]1c1cnn(C)c1.Cl. The molecule has 0 saturated carbocycles. The van der Waals surface area contributed by atoms with Gasteiger partial charge in [0.2, 0.25) is 5.91 Å². The highest BCUT2D eigenvalue weighted by Crippen LogP contribution is 2.33. The molecule has 2 heterocycles. The van der Waals surface area contributed by atoms with E-state index in [1.807, 2.05) is 49.6 Å². The second-order valence-corrected chi connectivity index (χ2v) is 7.37. The van der Waals surface area contributed by atoms with Crippen molar-refractivity contribution in [2.45, 2.75) is 25.8 Å². The first-order valence-electron chi connectivity index (χ1n) is 9.00. The van der Waals surface area contributed by atoms with Crippen molar-refractivity contribution in [3.8, 4) is 0 Å². The lowest BCUT2D eigenvalue weighted by atomic mass is 9.88. The zero-order valence-electron chi connectivity index (χ0n) is 15.9. The number of hydrogen-bond acceptors (Lipinski definition) is 3. The number of amides is 1. The van der Waals surface area contributed by atoms with Gasteiger partial charge in [0.15, 0.2) is 0 Å². The molecule has 26 heavy (non-hydrogen) atoms. The number of carbonyl (C=O) groups excluding carboxylic acids is 1. The lowest BCUT2D eigenvalue weighted by Crippen LogP contribution is -2.40. The Labute approximate surface area is 162 Å². The lowest BCUT2D eigenvalue weighted by molar-refractivity contribution is -0.137. The molecule has 3 atom stereocenters. The third-order valence-electron chi connectivity index (χ3n) is 5.22. The molecule has 1 saturated heterocycles. The van der Waals surface area contributed by atoms with Gasteiger partial charge in [-0.1, -0.05) is 44.2 Å². The van der Waals surface area contributed by atoms with Crippen LogP contribution in [-0.4, -0.2) is 40.7 Å². The second-order valence-electron chi connectivity index (χ2n) is 7.37. The molecule has 1 fully saturated rings. The van der Waals surface area contributed by atoms with Crippen LogP contribution in [0.15, 0.2) is 42.7 Å². The smallest absolute Gasteiger partial charge is 0.227 e. The van der Waals surface area contributed by atoms with Gasteiger partial charge < -0.3 is 10.2 Å². The van der Waals surface area contributed by atoms with Gasteiger partial charge in [-0.05, 0) is 17.0 Å². The molecule has 3 rings (SSSR count). The average Bonchev–Trinajstić information content (AvgIpc) is 3.23. The predicted octanol–water partition coefficient (Wildman–Crippen LogP) is 3.00. The highest BCUT2D eigenvalue weighted by Gasteiger charge is 2.38. The molecule has 5 nitrogen and oxygen atoms in total. The Morgan fingerprint density at radius 1 is 1.27 bits per heavy atom. The van der Waals surface area contributed by atoms with Crippen molar-refractivity contribution in [3.05, 3.63) is 53.9 Å². The minimum absolute atomic E-state index is 0. The van der Waals surface area contributed by atoms with E-state index in [1.54, 1.807) is 4.68 Å². The fourth-order valence-corrected chi connectivity index (χ4v) is 4.02. The summed E-state index contributed by atoms with van der Waals surface area (Å²) < 4.78 is 1.81. The quantitative estimate of drug-likeness (QED) is 0.872. The number of nitrogens with one attached hydrogen (secondary N) is 1. The molecule has 142 valence electrons. The first-order valence-corrected chi connectivity index (χ1v) is 9.00. The summed E-state index contributed by atoms with van der Waals surface area (Å²) in [5.74, 6) is 0.704.